The lowest BCUT2D eigenvalue weighted by Crippen LogP contribution is -1.98. The normalized spacial score (nSPS) is 12.3. The lowest BCUT2D eigenvalue weighted by atomic mass is 10.2. The molecule has 0 spiro atoms. The van der Waals surface area contributed by atoms with Gasteiger partial charge in [-0.3, -0.25) is 4.21 Å². The largest absolute Gasteiger partial charge is 0.399 e. The van der Waals surface area contributed by atoms with Crippen molar-refractivity contribution in [2.75, 3.05) is 5.73 Å². The Morgan fingerprint density at radius 2 is 1.89 bits per heavy atom. The lowest BCUT2D eigenvalue weighted by molar-refractivity contribution is 0.682. The van der Waals surface area contributed by atoms with Crippen molar-refractivity contribution in [1.29, 1.82) is 0 Å². The van der Waals surface area contributed by atoms with Gasteiger partial charge in [-0.25, -0.2) is 0 Å². The van der Waals surface area contributed by atoms with Gasteiger partial charge in [0, 0.05) is 20.6 Å². The summed E-state index contributed by atoms with van der Waals surface area (Å²) in [7, 11) is -1.17. The predicted molar refractivity (Wildman–Crippen MR) is 77.4 cm³/mol. The molecule has 2 nitrogen and oxygen atoms in total. The maximum absolute atomic E-state index is 12.2. The van der Waals surface area contributed by atoms with Crippen LogP contribution in [0.25, 0.3) is 0 Å². The number of hydrogen-bond donors (Lipinski definition) is 1. The van der Waals surface area contributed by atoms with Crippen LogP contribution in [0.15, 0.2) is 47.4 Å². The fourth-order valence-electron chi connectivity index (χ4n) is 1.52. The third-order valence-corrected chi connectivity index (χ3v) is 4.36. The second-order valence-electron chi connectivity index (χ2n) is 3.80. The van der Waals surface area contributed by atoms with Crippen molar-refractivity contribution in [2.24, 2.45) is 0 Å². The van der Waals surface area contributed by atoms with Crippen molar-refractivity contribution in [3.63, 3.8) is 0 Å². The highest BCUT2D eigenvalue weighted by Crippen LogP contribution is 2.24. The number of benzene rings is 2. The molecule has 0 fully saturated rings. The first kappa shape index (κ1) is 13.4. The Kier molecular flexibility index (Phi) is 4.27. The van der Waals surface area contributed by atoms with E-state index in [0.717, 1.165) is 5.56 Å². The third-order valence-electron chi connectivity index (χ3n) is 2.42. The summed E-state index contributed by atoms with van der Waals surface area (Å²) in [5, 5.41) is 1.10. The highest BCUT2D eigenvalue weighted by Gasteiger charge is 2.08. The minimum Gasteiger partial charge on any atom is -0.399 e. The van der Waals surface area contributed by atoms with E-state index in [4.69, 9.17) is 28.9 Å². The molecule has 0 aliphatic heterocycles. The summed E-state index contributed by atoms with van der Waals surface area (Å²) in [4.78, 5) is 0.695. The van der Waals surface area contributed by atoms with E-state index in [-0.39, 0.29) is 0 Å². The average Bonchev–Trinajstić information content (AvgIpc) is 2.32. The Labute approximate surface area is 118 Å². The van der Waals surface area contributed by atoms with Crippen molar-refractivity contribution in [3.8, 4) is 0 Å². The molecular weight excluding hydrogens is 289 g/mol. The van der Waals surface area contributed by atoms with Gasteiger partial charge in [0.15, 0.2) is 0 Å². The van der Waals surface area contributed by atoms with E-state index in [2.05, 4.69) is 0 Å². The number of anilines is 1. The first-order valence-electron chi connectivity index (χ1n) is 5.24. The van der Waals surface area contributed by atoms with Gasteiger partial charge in [-0.1, -0.05) is 35.3 Å². The molecule has 0 radical (unpaired) electrons. The minimum atomic E-state index is -1.17. The summed E-state index contributed by atoms with van der Waals surface area (Å²) >= 11 is 11.9. The monoisotopic (exact) mass is 299 g/mol. The summed E-state index contributed by atoms with van der Waals surface area (Å²) in [5.74, 6) is 0.347. The van der Waals surface area contributed by atoms with E-state index in [0.29, 0.717) is 26.4 Å². The molecule has 18 heavy (non-hydrogen) atoms. The zero-order valence-corrected chi connectivity index (χ0v) is 11.7. The Balaban J connectivity index is 2.21. The smallest absolute Gasteiger partial charge is 0.0575 e. The second kappa shape index (κ2) is 5.74. The van der Waals surface area contributed by atoms with Crippen molar-refractivity contribution in [2.45, 2.75) is 10.6 Å². The van der Waals surface area contributed by atoms with Crippen LogP contribution in [0.4, 0.5) is 5.69 Å². The van der Waals surface area contributed by atoms with Gasteiger partial charge in [-0.05, 0) is 35.9 Å². The lowest BCUT2D eigenvalue weighted by Gasteiger charge is -2.06. The summed E-state index contributed by atoms with van der Waals surface area (Å²) in [6, 6.07) is 12.2. The number of hydrogen-bond acceptors (Lipinski definition) is 2. The number of nitrogens with two attached hydrogens (primary N) is 1. The van der Waals surface area contributed by atoms with Crippen molar-refractivity contribution < 1.29 is 4.21 Å². The molecule has 1 atom stereocenters. The van der Waals surface area contributed by atoms with Crippen LogP contribution in [-0.2, 0) is 16.6 Å². The van der Waals surface area contributed by atoms with Crippen molar-refractivity contribution in [3.05, 3.63) is 58.1 Å². The van der Waals surface area contributed by atoms with Crippen LogP contribution in [0.1, 0.15) is 5.56 Å². The van der Waals surface area contributed by atoms with Gasteiger partial charge >= 0.3 is 0 Å². The van der Waals surface area contributed by atoms with E-state index < -0.39 is 10.8 Å². The van der Waals surface area contributed by atoms with Crippen molar-refractivity contribution >= 4 is 39.7 Å². The molecule has 2 aromatic rings. The van der Waals surface area contributed by atoms with Gasteiger partial charge in [0.05, 0.1) is 16.6 Å². The predicted octanol–water partition coefficient (Wildman–Crippen LogP) is 3.88. The van der Waals surface area contributed by atoms with E-state index in [1.807, 2.05) is 0 Å². The fraction of sp³-hybridized carbons (Fsp3) is 0.0769. The summed E-state index contributed by atoms with van der Waals surface area (Å²) < 4.78 is 12.2. The molecule has 0 saturated heterocycles. The van der Waals surface area contributed by atoms with Gasteiger partial charge in [-0.2, -0.15) is 0 Å². The van der Waals surface area contributed by atoms with Gasteiger partial charge in [0.2, 0.25) is 0 Å². The zero-order chi connectivity index (χ0) is 13.1. The van der Waals surface area contributed by atoms with Crippen LogP contribution >= 0.6 is 23.2 Å². The standard InChI is InChI=1S/C13H11Cl2NOS/c14-10-5-4-9(13(15)6-10)8-18(17)12-3-1-2-11(16)7-12/h1-7H,8,16H2. The Morgan fingerprint density at radius 3 is 2.56 bits per heavy atom. The first-order valence-corrected chi connectivity index (χ1v) is 7.31. The topological polar surface area (TPSA) is 43.1 Å². The van der Waals surface area contributed by atoms with Crippen LogP contribution < -0.4 is 5.73 Å². The van der Waals surface area contributed by atoms with Crippen LogP contribution in [0.2, 0.25) is 10.0 Å². The average molecular weight is 300 g/mol. The minimum absolute atomic E-state index is 0.347. The maximum Gasteiger partial charge on any atom is 0.0575 e. The molecule has 2 N–H and O–H groups in total. The molecule has 0 bridgehead atoms. The maximum atomic E-state index is 12.2. The molecule has 1 unspecified atom stereocenters. The number of nitrogen functional groups attached to an aromatic ring is 1. The van der Waals surface area contributed by atoms with Gasteiger partial charge in [0.25, 0.3) is 0 Å². The third kappa shape index (κ3) is 3.25. The Morgan fingerprint density at radius 1 is 1.11 bits per heavy atom. The van der Waals surface area contributed by atoms with Gasteiger partial charge in [-0.15, -0.1) is 0 Å². The highest BCUT2D eigenvalue weighted by atomic mass is 35.5. The van der Waals surface area contributed by atoms with Crippen molar-refractivity contribution in [1.82, 2.24) is 0 Å². The van der Waals surface area contributed by atoms with Crippen LogP contribution in [0.5, 0.6) is 0 Å². The summed E-state index contributed by atoms with van der Waals surface area (Å²) in [6.45, 7) is 0. The highest BCUT2D eigenvalue weighted by molar-refractivity contribution is 7.84. The van der Waals surface area contributed by atoms with E-state index in [1.165, 1.54) is 0 Å². The molecule has 0 aliphatic rings. The summed E-state index contributed by atoms with van der Waals surface area (Å²) in [6.07, 6.45) is 0. The quantitative estimate of drug-likeness (QED) is 0.874. The second-order valence-corrected chi connectivity index (χ2v) is 6.09. The molecule has 0 heterocycles. The number of halogens is 2. The van der Waals surface area contributed by atoms with Gasteiger partial charge in [0.1, 0.15) is 0 Å². The Bertz CT molecular complexity index is 601. The molecule has 0 aromatic heterocycles. The van der Waals surface area contributed by atoms with Crippen LogP contribution in [-0.4, -0.2) is 4.21 Å². The molecule has 0 aliphatic carbocycles. The molecule has 94 valence electrons. The summed E-state index contributed by atoms with van der Waals surface area (Å²) in [5.41, 5.74) is 7.07. The van der Waals surface area contributed by atoms with Crippen LogP contribution in [0, 0.1) is 0 Å². The molecular formula is C13H11Cl2NOS. The molecule has 2 rings (SSSR count). The Hall–Kier alpha value is -1.03. The van der Waals surface area contributed by atoms with E-state index in [1.54, 1.807) is 42.5 Å². The molecule has 0 amide bonds. The molecule has 0 saturated carbocycles. The van der Waals surface area contributed by atoms with E-state index in [9.17, 15) is 4.21 Å². The fourth-order valence-corrected chi connectivity index (χ4v) is 3.27. The first-order chi connectivity index (χ1) is 8.56. The van der Waals surface area contributed by atoms with Gasteiger partial charge < -0.3 is 5.73 Å². The number of rotatable bonds is 3. The molecule has 2 aromatic carbocycles. The SMILES string of the molecule is Nc1cccc(S(=O)Cc2ccc(Cl)cc2Cl)c1. The van der Waals surface area contributed by atoms with E-state index >= 15 is 0 Å². The zero-order valence-electron chi connectivity index (χ0n) is 9.40. The molecule has 5 heteroatoms. The van der Waals surface area contributed by atoms with Crippen LogP contribution in [0.3, 0.4) is 0 Å².